The van der Waals surface area contributed by atoms with Crippen LogP contribution in [-0.4, -0.2) is 50.0 Å². The van der Waals surface area contributed by atoms with Crippen molar-refractivity contribution in [3.63, 3.8) is 0 Å². The number of aryl methyl sites for hydroxylation is 1. The maximum atomic E-state index is 11.6. The maximum absolute atomic E-state index is 11.6. The molecule has 0 spiro atoms. The van der Waals surface area contributed by atoms with Crippen LogP contribution in [0, 0.1) is 0 Å². The number of hydrogen-bond acceptors (Lipinski definition) is 5. The third-order valence-corrected chi connectivity index (χ3v) is 5.04. The Bertz CT molecular complexity index is 524. The Labute approximate surface area is 127 Å². The highest BCUT2D eigenvalue weighted by atomic mass is 32.2. The van der Waals surface area contributed by atoms with Gasteiger partial charge in [0.2, 0.25) is 0 Å². The molecule has 0 unspecified atom stereocenters. The first-order valence-corrected chi connectivity index (χ1v) is 9.18. The lowest BCUT2D eigenvalue weighted by Crippen LogP contribution is -2.20. The molecule has 1 N–H and O–H groups in total. The van der Waals surface area contributed by atoms with Gasteiger partial charge in [-0.15, -0.1) is 0 Å². The first kappa shape index (κ1) is 18.1. The van der Waals surface area contributed by atoms with E-state index in [1.807, 2.05) is 10.9 Å². The number of aromatic nitrogens is 2. The van der Waals surface area contributed by atoms with Crippen molar-refractivity contribution in [1.82, 2.24) is 15.1 Å². The zero-order chi connectivity index (χ0) is 15.9. The molecule has 0 aliphatic rings. The Kier molecular flexibility index (Phi) is 7.34. The number of rotatable bonds is 10. The van der Waals surface area contributed by atoms with Crippen molar-refractivity contribution in [1.29, 1.82) is 0 Å². The summed E-state index contributed by atoms with van der Waals surface area (Å²) in [5.41, 5.74) is 2.22. The topological polar surface area (TPSA) is 73.2 Å². The number of hydrogen-bond donors (Lipinski definition) is 1. The molecule has 0 saturated carbocycles. The Hall–Kier alpha value is -0.920. The predicted molar refractivity (Wildman–Crippen MR) is 84.2 cm³/mol. The summed E-state index contributed by atoms with van der Waals surface area (Å²) in [6.07, 6.45) is 1.83. The van der Waals surface area contributed by atoms with Gasteiger partial charge < -0.3 is 10.1 Å². The van der Waals surface area contributed by atoms with E-state index in [1.54, 1.807) is 14.0 Å². The lowest BCUT2D eigenvalue weighted by Gasteiger charge is -2.13. The van der Waals surface area contributed by atoms with Gasteiger partial charge in [0.15, 0.2) is 9.84 Å². The van der Waals surface area contributed by atoms with E-state index in [0.717, 1.165) is 24.3 Å². The second kappa shape index (κ2) is 8.51. The fourth-order valence-corrected chi connectivity index (χ4v) is 2.92. The summed E-state index contributed by atoms with van der Waals surface area (Å²) < 4.78 is 30.1. The predicted octanol–water partition coefficient (Wildman–Crippen LogP) is 1.18. The Morgan fingerprint density at radius 1 is 1.43 bits per heavy atom. The highest BCUT2D eigenvalue weighted by Crippen LogP contribution is 2.19. The summed E-state index contributed by atoms with van der Waals surface area (Å²) in [6.45, 7) is 8.45. The smallest absolute Gasteiger partial charge is 0.151 e. The third kappa shape index (κ3) is 5.76. The fraction of sp³-hybridized carbons (Fsp3) is 0.786. The van der Waals surface area contributed by atoms with Crippen LogP contribution in [-0.2, 0) is 27.7 Å². The van der Waals surface area contributed by atoms with E-state index in [9.17, 15) is 8.42 Å². The molecule has 0 amide bonds. The van der Waals surface area contributed by atoms with Crippen LogP contribution < -0.4 is 5.32 Å². The minimum absolute atomic E-state index is 0.140. The summed E-state index contributed by atoms with van der Waals surface area (Å²) in [4.78, 5) is 0. The van der Waals surface area contributed by atoms with Gasteiger partial charge >= 0.3 is 0 Å². The SMILES string of the molecule is CCS(=O)(=O)CCn1ncc(CNCCOC)c1C(C)C. The van der Waals surface area contributed by atoms with Crippen LogP contribution in [0.5, 0.6) is 0 Å². The third-order valence-electron chi connectivity index (χ3n) is 3.36. The van der Waals surface area contributed by atoms with Crippen molar-refractivity contribution in [2.45, 2.75) is 39.8 Å². The van der Waals surface area contributed by atoms with Gasteiger partial charge in [-0.05, 0) is 5.92 Å². The van der Waals surface area contributed by atoms with E-state index in [1.165, 1.54) is 0 Å². The molecule has 1 aromatic rings. The number of methoxy groups -OCH3 is 1. The molecule has 1 rings (SSSR count). The van der Waals surface area contributed by atoms with Gasteiger partial charge in [0.25, 0.3) is 0 Å². The number of nitrogens with zero attached hydrogens (tertiary/aromatic N) is 2. The molecule has 21 heavy (non-hydrogen) atoms. The average Bonchev–Trinajstić information content (AvgIpc) is 2.85. The highest BCUT2D eigenvalue weighted by molar-refractivity contribution is 7.91. The van der Waals surface area contributed by atoms with Crippen molar-refractivity contribution < 1.29 is 13.2 Å². The van der Waals surface area contributed by atoms with Gasteiger partial charge in [-0.3, -0.25) is 4.68 Å². The molecular weight excluding hydrogens is 290 g/mol. The normalized spacial score (nSPS) is 12.2. The standard InChI is InChI=1S/C14H27N3O3S/c1-5-21(18,19)9-7-17-14(12(2)3)13(11-16-17)10-15-6-8-20-4/h11-12,15H,5-10H2,1-4H3. The molecule has 0 fully saturated rings. The Morgan fingerprint density at radius 3 is 2.71 bits per heavy atom. The van der Waals surface area contributed by atoms with Gasteiger partial charge in [-0.2, -0.15) is 5.10 Å². The monoisotopic (exact) mass is 317 g/mol. The van der Waals surface area contributed by atoms with Crippen LogP contribution in [0.25, 0.3) is 0 Å². The summed E-state index contributed by atoms with van der Waals surface area (Å²) in [5, 5.41) is 7.65. The quantitative estimate of drug-likeness (QED) is 0.656. The summed E-state index contributed by atoms with van der Waals surface area (Å²) in [5.74, 6) is 0.620. The molecule has 1 aromatic heterocycles. The molecule has 6 nitrogen and oxygen atoms in total. The van der Waals surface area contributed by atoms with Crippen LogP contribution in [0.2, 0.25) is 0 Å². The first-order valence-electron chi connectivity index (χ1n) is 7.36. The molecule has 0 radical (unpaired) electrons. The second-order valence-electron chi connectivity index (χ2n) is 5.34. The molecule has 0 aliphatic heterocycles. The van der Waals surface area contributed by atoms with Crippen molar-refractivity contribution >= 4 is 9.84 Å². The molecule has 7 heteroatoms. The fourth-order valence-electron chi connectivity index (χ4n) is 2.18. The second-order valence-corrected chi connectivity index (χ2v) is 7.81. The summed E-state index contributed by atoms with van der Waals surface area (Å²) in [7, 11) is -1.29. The molecule has 0 aliphatic carbocycles. The van der Waals surface area contributed by atoms with Crippen molar-refractivity contribution in [3.05, 3.63) is 17.5 Å². The van der Waals surface area contributed by atoms with Crippen molar-refractivity contribution in [3.8, 4) is 0 Å². The van der Waals surface area contributed by atoms with Crippen molar-refractivity contribution in [2.75, 3.05) is 31.8 Å². The zero-order valence-electron chi connectivity index (χ0n) is 13.4. The zero-order valence-corrected chi connectivity index (χ0v) is 14.2. The van der Waals surface area contributed by atoms with Gasteiger partial charge in [-0.1, -0.05) is 20.8 Å². The van der Waals surface area contributed by atoms with E-state index in [4.69, 9.17) is 4.74 Å². The van der Waals surface area contributed by atoms with E-state index in [-0.39, 0.29) is 11.5 Å². The average molecular weight is 317 g/mol. The van der Waals surface area contributed by atoms with E-state index < -0.39 is 9.84 Å². The van der Waals surface area contributed by atoms with E-state index >= 15 is 0 Å². The lowest BCUT2D eigenvalue weighted by atomic mass is 10.1. The van der Waals surface area contributed by atoms with Crippen LogP contribution in [0.4, 0.5) is 0 Å². The van der Waals surface area contributed by atoms with E-state index in [0.29, 0.717) is 19.1 Å². The molecule has 0 aromatic carbocycles. The first-order chi connectivity index (χ1) is 9.91. The van der Waals surface area contributed by atoms with Crippen LogP contribution in [0.15, 0.2) is 6.20 Å². The summed E-state index contributed by atoms with van der Waals surface area (Å²) in [6, 6.07) is 0. The Morgan fingerprint density at radius 2 is 2.14 bits per heavy atom. The van der Waals surface area contributed by atoms with Crippen LogP contribution in [0.1, 0.15) is 37.9 Å². The minimum atomic E-state index is -2.97. The van der Waals surface area contributed by atoms with E-state index in [2.05, 4.69) is 24.3 Å². The maximum Gasteiger partial charge on any atom is 0.151 e. The largest absolute Gasteiger partial charge is 0.383 e. The van der Waals surface area contributed by atoms with Crippen molar-refractivity contribution in [2.24, 2.45) is 0 Å². The van der Waals surface area contributed by atoms with Crippen LogP contribution in [0.3, 0.4) is 0 Å². The molecule has 0 saturated heterocycles. The van der Waals surface area contributed by atoms with Gasteiger partial charge in [0.05, 0.1) is 25.1 Å². The lowest BCUT2D eigenvalue weighted by molar-refractivity contribution is 0.199. The van der Waals surface area contributed by atoms with Gasteiger partial charge in [-0.25, -0.2) is 8.42 Å². The molecule has 122 valence electrons. The molecular formula is C14H27N3O3S. The van der Waals surface area contributed by atoms with Gasteiger partial charge in [0.1, 0.15) is 0 Å². The molecule has 0 atom stereocenters. The number of ether oxygens (including phenoxy) is 1. The van der Waals surface area contributed by atoms with Gasteiger partial charge in [0, 0.05) is 37.2 Å². The highest BCUT2D eigenvalue weighted by Gasteiger charge is 2.16. The minimum Gasteiger partial charge on any atom is -0.383 e. The van der Waals surface area contributed by atoms with Crippen LogP contribution >= 0.6 is 0 Å². The number of nitrogens with one attached hydrogen (secondary N) is 1. The Balaban J connectivity index is 2.74. The molecule has 0 bridgehead atoms. The number of sulfone groups is 1. The molecule has 1 heterocycles. The summed E-state index contributed by atoms with van der Waals surface area (Å²) >= 11 is 0.